The molecule has 0 atom stereocenters. The van der Waals surface area contributed by atoms with E-state index in [1.807, 2.05) is 132 Å². The van der Waals surface area contributed by atoms with Crippen molar-refractivity contribution in [1.29, 1.82) is 0 Å². The van der Waals surface area contributed by atoms with Gasteiger partial charge in [0.1, 0.15) is 0 Å². The summed E-state index contributed by atoms with van der Waals surface area (Å²) in [6.07, 6.45) is 0. The standard InChI is InChI=1S/C40H29N/c1-3-11-30(12-4-1)32-21-25-36(26-22-32)41(37-27-23-33(24-28-37)31-13-5-2-6-14-31)38-18-9-17-35(29-38)40-20-10-16-34-15-7-8-19-39(34)40/h1-29H/i9D,17D,18D,29D. The van der Waals surface area contributed by atoms with E-state index in [9.17, 15) is 1.37 Å². The molecule has 1 heteroatoms. The van der Waals surface area contributed by atoms with E-state index in [1.165, 1.54) is 0 Å². The molecule has 1 nitrogen and oxygen atoms in total. The topological polar surface area (TPSA) is 3.24 Å². The van der Waals surface area contributed by atoms with Crippen LogP contribution in [0.4, 0.5) is 17.1 Å². The van der Waals surface area contributed by atoms with Gasteiger partial charge in [0.25, 0.3) is 0 Å². The fourth-order valence-corrected chi connectivity index (χ4v) is 5.30. The van der Waals surface area contributed by atoms with Crippen molar-refractivity contribution in [2.45, 2.75) is 0 Å². The first-order valence-corrected chi connectivity index (χ1v) is 13.7. The number of hydrogen-bond acceptors (Lipinski definition) is 1. The average molecular weight is 528 g/mol. The second kappa shape index (κ2) is 11.0. The Kier molecular flexibility index (Phi) is 5.50. The zero-order valence-electron chi connectivity index (χ0n) is 26.4. The Bertz CT molecular complexity index is 2040. The zero-order chi connectivity index (χ0) is 30.9. The van der Waals surface area contributed by atoms with Gasteiger partial charge < -0.3 is 4.90 Å². The van der Waals surface area contributed by atoms with Gasteiger partial charge in [-0.05, 0) is 80.5 Å². The lowest BCUT2D eigenvalue weighted by Crippen LogP contribution is -2.10. The van der Waals surface area contributed by atoms with E-state index in [0.717, 1.165) is 44.4 Å². The Hall–Kier alpha value is -5.40. The molecule has 0 amide bonds. The van der Waals surface area contributed by atoms with E-state index in [0.29, 0.717) is 11.1 Å². The van der Waals surface area contributed by atoms with Gasteiger partial charge in [-0.25, -0.2) is 0 Å². The minimum atomic E-state index is -0.212. The van der Waals surface area contributed by atoms with E-state index < -0.39 is 0 Å². The molecule has 0 aromatic heterocycles. The molecule has 0 fully saturated rings. The van der Waals surface area contributed by atoms with E-state index in [4.69, 9.17) is 4.11 Å². The lowest BCUT2D eigenvalue weighted by molar-refractivity contribution is 1.28. The molecule has 194 valence electrons. The molecule has 0 saturated heterocycles. The summed E-state index contributed by atoms with van der Waals surface area (Å²) in [7, 11) is 0. The summed E-state index contributed by atoms with van der Waals surface area (Å²) >= 11 is 0. The first kappa shape index (κ1) is 20.5. The van der Waals surface area contributed by atoms with Crippen molar-refractivity contribution in [2.24, 2.45) is 0 Å². The maximum Gasteiger partial charge on any atom is 0.0651 e. The van der Waals surface area contributed by atoms with Crippen molar-refractivity contribution in [2.75, 3.05) is 4.90 Å². The Balaban J connectivity index is 1.45. The van der Waals surface area contributed by atoms with Crippen LogP contribution in [0.5, 0.6) is 0 Å². The van der Waals surface area contributed by atoms with Crippen LogP contribution in [0.15, 0.2) is 176 Å². The fourth-order valence-electron chi connectivity index (χ4n) is 5.30. The highest BCUT2D eigenvalue weighted by molar-refractivity contribution is 5.97. The summed E-state index contributed by atoms with van der Waals surface area (Å²) in [6.45, 7) is 0. The molecule has 0 aliphatic carbocycles. The monoisotopic (exact) mass is 527 g/mol. The predicted octanol–water partition coefficient (Wildman–Crippen LogP) is 11.3. The van der Waals surface area contributed by atoms with Gasteiger partial charge in [0, 0.05) is 17.1 Å². The third-order valence-corrected chi connectivity index (χ3v) is 7.36. The fraction of sp³-hybridized carbons (Fsp3) is 0. The quantitative estimate of drug-likeness (QED) is 0.208. The zero-order valence-corrected chi connectivity index (χ0v) is 22.4. The normalized spacial score (nSPS) is 12.3. The molecule has 0 unspecified atom stereocenters. The van der Waals surface area contributed by atoms with Crippen LogP contribution in [0.2, 0.25) is 0 Å². The van der Waals surface area contributed by atoms with Gasteiger partial charge in [0.2, 0.25) is 0 Å². The second-order valence-corrected chi connectivity index (χ2v) is 9.91. The molecule has 0 bridgehead atoms. The summed E-state index contributed by atoms with van der Waals surface area (Å²) < 4.78 is 36.5. The molecular formula is C40H29N. The summed E-state index contributed by atoms with van der Waals surface area (Å²) in [4.78, 5) is 1.88. The summed E-state index contributed by atoms with van der Waals surface area (Å²) in [5.41, 5.74) is 7.11. The molecular weight excluding hydrogens is 494 g/mol. The van der Waals surface area contributed by atoms with Gasteiger partial charge >= 0.3 is 0 Å². The van der Waals surface area contributed by atoms with Crippen LogP contribution in [0.3, 0.4) is 0 Å². The Labute approximate surface area is 247 Å². The van der Waals surface area contributed by atoms with Gasteiger partial charge in [0.05, 0.1) is 5.48 Å². The lowest BCUT2D eigenvalue weighted by atomic mass is 9.97. The average Bonchev–Trinajstić information content (AvgIpc) is 3.10. The van der Waals surface area contributed by atoms with Crippen LogP contribution in [0, 0.1) is 0 Å². The van der Waals surface area contributed by atoms with Crippen LogP contribution in [-0.2, 0) is 0 Å². The van der Waals surface area contributed by atoms with Crippen molar-refractivity contribution >= 4 is 27.8 Å². The maximum absolute atomic E-state index is 9.56. The van der Waals surface area contributed by atoms with Crippen LogP contribution in [-0.4, -0.2) is 0 Å². The Morgan fingerprint density at radius 3 is 1.51 bits per heavy atom. The minimum Gasteiger partial charge on any atom is -0.310 e. The van der Waals surface area contributed by atoms with E-state index in [1.54, 1.807) is 0 Å². The van der Waals surface area contributed by atoms with Gasteiger partial charge in [-0.15, -0.1) is 0 Å². The van der Waals surface area contributed by atoms with Gasteiger partial charge in [-0.2, -0.15) is 0 Å². The molecule has 7 aromatic rings. The Morgan fingerprint density at radius 1 is 0.390 bits per heavy atom. The molecule has 0 N–H and O–H groups in total. The minimum absolute atomic E-state index is 0.0385. The summed E-state index contributed by atoms with van der Waals surface area (Å²) in [6, 6.07) is 49.6. The molecule has 41 heavy (non-hydrogen) atoms. The predicted molar refractivity (Wildman–Crippen MR) is 175 cm³/mol. The van der Waals surface area contributed by atoms with E-state index >= 15 is 0 Å². The molecule has 0 radical (unpaired) electrons. The van der Waals surface area contributed by atoms with Crippen molar-refractivity contribution in [3.8, 4) is 33.4 Å². The molecule has 0 aliphatic heterocycles. The van der Waals surface area contributed by atoms with Gasteiger partial charge in [-0.1, -0.05) is 139 Å². The third kappa shape index (κ3) is 5.02. The number of fused-ring (bicyclic) bond motifs is 1. The van der Waals surface area contributed by atoms with Gasteiger partial charge in [0.15, 0.2) is 0 Å². The molecule has 0 spiro atoms. The smallest absolute Gasteiger partial charge is 0.0651 e. The van der Waals surface area contributed by atoms with Crippen LogP contribution < -0.4 is 4.90 Å². The number of hydrogen-bond donors (Lipinski definition) is 0. The highest BCUT2D eigenvalue weighted by Crippen LogP contribution is 2.39. The molecule has 0 saturated carbocycles. The van der Waals surface area contributed by atoms with E-state index in [-0.39, 0.29) is 29.9 Å². The highest BCUT2D eigenvalue weighted by atomic mass is 15.1. The number of nitrogens with zero attached hydrogens (tertiary/aromatic N) is 1. The van der Waals surface area contributed by atoms with Crippen LogP contribution >= 0.6 is 0 Å². The van der Waals surface area contributed by atoms with Crippen molar-refractivity contribution < 1.29 is 5.48 Å². The Morgan fingerprint density at radius 2 is 0.902 bits per heavy atom. The summed E-state index contributed by atoms with van der Waals surface area (Å²) in [5.74, 6) is 0. The van der Waals surface area contributed by atoms with Crippen molar-refractivity contribution in [1.82, 2.24) is 0 Å². The van der Waals surface area contributed by atoms with Gasteiger partial charge in [-0.3, -0.25) is 0 Å². The van der Waals surface area contributed by atoms with Crippen molar-refractivity contribution in [3.63, 3.8) is 0 Å². The number of anilines is 3. The molecule has 7 aromatic carbocycles. The third-order valence-electron chi connectivity index (χ3n) is 7.36. The number of rotatable bonds is 6. The van der Waals surface area contributed by atoms with Crippen LogP contribution in [0.25, 0.3) is 44.2 Å². The van der Waals surface area contributed by atoms with Crippen molar-refractivity contribution in [3.05, 3.63) is 176 Å². The largest absolute Gasteiger partial charge is 0.310 e. The molecule has 0 aliphatic rings. The first-order valence-electron chi connectivity index (χ1n) is 15.7. The SMILES string of the molecule is [2H]c1c([2H])c(-c2cccc3ccccc23)c([2H])c(N(c2ccc(-c3ccccc3)cc2)c2ccc(-c3ccccc3)cc2)c1[2H]. The maximum atomic E-state index is 9.56. The lowest BCUT2D eigenvalue weighted by Gasteiger charge is -2.26. The number of benzene rings is 7. The molecule has 0 heterocycles. The summed E-state index contributed by atoms with van der Waals surface area (Å²) in [5, 5.41) is 1.89. The molecule has 7 rings (SSSR count). The second-order valence-electron chi connectivity index (χ2n) is 9.91. The van der Waals surface area contributed by atoms with E-state index in [2.05, 4.69) is 24.3 Å². The van der Waals surface area contributed by atoms with Crippen LogP contribution in [0.1, 0.15) is 5.48 Å². The highest BCUT2D eigenvalue weighted by Gasteiger charge is 2.15. The first-order chi connectivity index (χ1) is 22.0.